The smallest absolute Gasteiger partial charge is 0.263 e. The molecule has 0 bridgehead atoms. The van der Waals surface area contributed by atoms with Gasteiger partial charge < -0.3 is 0 Å². The molecular weight excluding hydrogens is 515 g/mol. The molecule has 0 amide bonds. The van der Waals surface area contributed by atoms with E-state index in [9.17, 15) is 88.2 Å². The first-order valence-electron chi connectivity index (χ1n) is 6.12. The van der Waals surface area contributed by atoms with Crippen LogP contribution < -0.4 is 0 Å². The third-order valence-corrected chi connectivity index (χ3v) is 2.88. The van der Waals surface area contributed by atoms with Gasteiger partial charge in [0.05, 0.1) is 0 Å². The molecule has 0 saturated heterocycles. The summed E-state index contributed by atoms with van der Waals surface area (Å²) in [7, 11) is 0. The molecule has 0 fully saturated rings. The minimum atomic E-state index is -8.84. The van der Waals surface area contributed by atoms with Crippen LogP contribution in [0.25, 0.3) is 0 Å². The fraction of sp³-hybridized carbons (Fsp3) is 0.889. The summed E-state index contributed by atoms with van der Waals surface area (Å²) in [4.78, 5) is 5.13. The summed E-state index contributed by atoms with van der Waals surface area (Å²) in [6, 6.07) is -13.6. The number of carbonyl (C=O) groups is 1. The predicted octanol–water partition coefficient (Wildman–Crippen LogP) is 5.53. The zero-order chi connectivity index (χ0) is 25.9. The molecule has 3 nitrogen and oxygen atoms in total. The number of halogens is 19. The molecule has 0 aliphatic heterocycles. The number of carbonyl (C=O) groups excluding carboxylic acids is 1. The molecule has 0 spiro atoms. The highest BCUT2D eigenvalue weighted by Crippen LogP contribution is 2.60. The van der Waals surface area contributed by atoms with Gasteiger partial charge in [0.1, 0.15) is 0 Å². The average molecular weight is 515 g/mol. The van der Waals surface area contributed by atoms with E-state index < -0.39 is 59.6 Å². The van der Waals surface area contributed by atoms with Crippen LogP contribution >= 0.6 is 0 Å². The van der Waals surface area contributed by atoms with Crippen molar-refractivity contribution in [3.8, 4) is 0 Å². The molecule has 31 heavy (non-hydrogen) atoms. The van der Waals surface area contributed by atoms with Gasteiger partial charge in [-0.3, -0.25) is 9.53 Å². The lowest BCUT2D eigenvalue weighted by molar-refractivity contribution is -0.525. The molecule has 0 aliphatic rings. The van der Waals surface area contributed by atoms with E-state index in [1.807, 2.05) is 0 Å². The third kappa shape index (κ3) is 4.72. The van der Waals surface area contributed by atoms with Crippen LogP contribution in [0.3, 0.4) is 0 Å². The number of rotatable bonds is 6. The summed E-state index contributed by atoms with van der Waals surface area (Å²) in [5.41, 5.74) is -8.84. The largest absolute Gasteiger partial charge is 0.472 e. The van der Waals surface area contributed by atoms with E-state index in [1.54, 1.807) is 0 Å². The van der Waals surface area contributed by atoms with Gasteiger partial charge in [0, 0.05) is 0 Å². The molecule has 0 aromatic rings. The molecule has 2 unspecified atom stereocenters. The van der Waals surface area contributed by atoms with Gasteiger partial charge in [-0.2, -0.15) is 79.0 Å². The predicted molar refractivity (Wildman–Crippen MR) is 50.8 cm³/mol. The van der Waals surface area contributed by atoms with E-state index in [-0.39, 0.29) is 0 Å². The third-order valence-electron chi connectivity index (χ3n) is 2.88. The molecule has 0 rings (SSSR count). The van der Waals surface area contributed by atoms with Crippen molar-refractivity contribution in [3.05, 3.63) is 0 Å². The molecule has 0 heterocycles. The van der Waals surface area contributed by atoms with E-state index in [0.717, 1.165) is 0 Å². The van der Waals surface area contributed by atoms with Gasteiger partial charge in [-0.1, -0.05) is 4.90 Å². The first kappa shape index (κ1) is 29.3. The van der Waals surface area contributed by atoms with Crippen LogP contribution in [0.4, 0.5) is 83.4 Å². The molecule has 0 aliphatic carbocycles. The van der Waals surface area contributed by atoms with Crippen molar-refractivity contribution in [1.82, 2.24) is 4.90 Å². The molecule has 2 atom stereocenters. The Balaban J connectivity index is 7.18. The first-order valence-corrected chi connectivity index (χ1v) is 6.12. The number of hydrogen-bond acceptors (Lipinski definition) is 3. The van der Waals surface area contributed by atoms with E-state index in [0.29, 0.717) is 0 Å². The Bertz CT molecular complexity index is 658. The Morgan fingerprint density at radius 3 is 1.10 bits per heavy atom. The number of nitrogens with zero attached hydrogens (tertiary/aromatic N) is 1. The normalized spacial score (nSPS) is 19.2. The van der Waals surface area contributed by atoms with Crippen LogP contribution in [0, 0.1) is 0 Å². The first-order chi connectivity index (χ1) is 13.0. The molecular formula is C9F19NO2. The van der Waals surface area contributed by atoms with Gasteiger partial charge >= 0.3 is 54.7 Å². The van der Waals surface area contributed by atoms with Crippen molar-refractivity contribution >= 4 is 6.04 Å². The summed E-state index contributed by atoms with van der Waals surface area (Å²) >= 11 is 0. The van der Waals surface area contributed by atoms with Gasteiger partial charge in [-0.15, -0.1) is 0 Å². The highest BCUT2D eigenvalue weighted by Gasteiger charge is 2.91. The van der Waals surface area contributed by atoms with Crippen LogP contribution in [-0.4, -0.2) is 59.6 Å². The van der Waals surface area contributed by atoms with Crippen LogP contribution in [0.2, 0.25) is 0 Å². The van der Waals surface area contributed by atoms with Gasteiger partial charge in [-0.05, 0) is 0 Å². The zero-order valence-corrected chi connectivity index (χ0v) is 12.9. The number of hydrogen-bond donors (Lipinski definition) is 0. The van der Waals surface area contributed by atoms with E-state index >= 15 is 0 Å². The van der Waals surface area contributed by atoms with Crippen molar-refractivity contribution < 1.29 is 92.9 Å². The van der Waals surface area contributed by atoms with Gasteiger partial charge in [-0.25, -0.2) is 4.39 Å². The van der Waals surface area contributed by atoms with Crippen LogP contribution in [0.15, 0.2) is 0 Å². The maximum absolute atomic E-state index is 13.8. The highest BCUT2D eigenvalue weighted by molar-refractivity contribution is 5.77. The minimum absolute atomic E-state index is 1.22. The second-order valence-electron chi connectivity index (χ2n) is 4.95. The standard InChI is InChI=1S/C9F19NO2/c10-1(30)2(11,4(13,14)15)31-7(21,22)3(12,5(16,17)18)6(19,20)29(8(23,24)25)9(26,27)28. The molecule has 0 N–H and O–H groups in total. The Morgan fingerprint density at radius 2 is 0.903 bits per heavy atom. The summed E-state index contributed by atoms with van der Waals surface area (Å²) in [6.07, 6.45) is -40.3. The van der Waals surface area contributed by atoms with Gasteiger partial charge in [0.15, 0.2) is 0 Å². The summed E-state index contributed by atoms with van der Waals surface area (Å²) < 4.78 is 241. The Labute approximate surface area is 154 Å². The van der Waals surface area contributed by atoms with Crippen LogP contribution in [0.5, 0.6) is 0 Å². The maximum Gasteiger partial charge on any atom is 0.472 e. The van der Waals surface area contributed by atoms with Crippen molar-refractivity contribution in [3.63, 3.8) is 0 Å². The summed E-state index contributed by atoms with van der Waals surface area (Å²) in [5.74, 6) is -7.45. The second-order valence-corrected chi connectivity index (χ2v) is 4.95. The SMILES string of the molecule is O=C(F)C(F)(OC(F)(F)C(F)(C(F)(F)F)C(F)(F)N(C(F)(F)F)C(F)(F)F)C(F)(F)F. The van der Waals surface area contributed by atoms with Crippen LogP contribution in [0.1, 0.15) is 0 Å². The lowest BCUT2D eigenvalue weighted by atomic mass is 9.99. The van der Waals surface area contributed by atoms with Gasteiger partial charge in [0.2, 0.25) is 0 Å². The monoisotopic (exact) mass is 515 g/mol. The van der Waals surface area contributed by atoms with Gasteiger partial charge in [0.25, 0.3) is 0 Å². The lowest BCUT2D eigenvalue weighted by Gasteiger charge is -2.44. The fourth-order valence-corrected chi connectivity index (χ4v) is 1.58. The Kier molecular flexibility index (Phi) is 6.99. The van der Waals surface area contributed by atoms with Crippen molar-refractivity contribution in [2.75, 3.05) is 0 Å². The Hall–Kier alpha value is -1.74. The average Bonchev–Trinajstić information content (AvgIpc) is 2.38. The highest BCUT2D eigenvalue weighted by atomic mass is 19.4. The molecule has 0 aromatic heterocycles. The molecule has 186 valence electrons. The molecule has 0 saturated carbocycles. The van der Waals surface area contributed by atoms with Crippen molar-refractivity contribution in [2.45, 2.75) is 48.6 Å². The van der Waals surface area contributed by atoms with E-state index in [2.05, 4.69) is 0 Å². The molecule has 0 aromatic carbocycles. The van der Waals surface area contributed by atoms with E-state index in [4.69, 9.17) is 0 Å². The topological polar surface area (TPSA) is 29.5 Å². The Morgan fingerprint density at radius 1 is 0.581 bits per heavy atom. The van der Waals surface area contributed by atoms with Crippen molar-refractivity contribution in [2.24, 2.45) is 0 Å². The van der Waals surface area contributed by atoms with E-state index in [1.165, 1.54) is 4.74 Å². The zero-order valence-electron chi connectivity index (χ0n) is 12.9. The maximum atomic E-state index is 13.8. The number of ether oxygens (including phenoxy) is 1. The minimum Gasteiger partial charge on any atom is -0.263 e. The second kappa shape index (κ2) is 7.40. The molecule has 22 heteroatoms. The summed E-state index contributed by atoms with van der Waals surface area (Å²) in [5, 5.41) is 0. The van der Waals surface area contributed by atoms with Crippen LogP contribution in [-0.2, 0) is 9.53 Å². The fourth-order valence-electron chi connectivity index (χ4n) is 1.58. The lowest BCUT2D eigenvalue weighted by Crippen LogP contribution is -2.76. The molecule has 0 radical (unpaired) electrons. The summed E-state index contributed by atoms with van der Waals surface area (Å²) in [6.45, 7) is 0. The number of alkyl halides is 18. The quantitative estimate of drug-likeness (QED) is 0.265. The van der Waals surface area contributed by atoms with Crippen molar-refractivity contribution in [1.29, 1.82) is 0 Å².